The maximum Gasteiger partial charge on any atom is 0.0731 e. The molecule has 0 bridgehead atoms. The Morgan fingerprint density at radius 2 is 1.85 bits per heavy atom. The number of allylic oxidation sites excluding steroid dienone is 5. The molecule has 1 heteroatoms. The van der Waals surface area contributed by atoms with E-state index < -0.39 is 0 Å². The molecule has 0 unspecified atom stereocenters. The third-order valence-electron chi connectivity index (χ3n) is 3.22. The molecule has 0 radical (unpaired) electrons. The summed E-state index contributed by atoms with van der Waals surface area (Å²) in [7, 11) is 0. The van der Waals surface area contributed by atoms with Gasteiger partial charge in [-0.3, -0.25) is 4.98 Å². The minimum atomic E-state index is 1.05. The van der Waals surface area contributed by atoms with E-state index in [1.54, 1.807) is 6.08 Å². The van der Waals surface area contributed by atoms with Crippen LogP contribution in [0.1, 0.15) is 18.1 Å². The quantitative estimate of drug-likeness (QED) is 0.689. The largest absolute Gasteiger partial charge is 0.256 e. The number of hydrogen-bond donors (Lipinski definition) is 0. The van der Waals surface area contributed by atoms with Gasteiger partial charge in [-0.05, 0) is 36.6 Å². The van der Waals surface area contributed by atoms with Crippen LogP contribution in [-0.2, 0) is 0 Å². The molecule has 0 saturated carbocycles. The number of benzene rings is 1. The van der Waals surface area contributed by atoms with Crippen molar-refractivity contribution in [2.75, 3.05) is 0 Å². The van der Waals surface area contributed by atoms with Crippen molar-refractivity contribution in [2.24, 2.45) is 0 Å². The molecule has 0 saturated heterocycles. The predicted molar refractivity (Wildman–Crippen MR) is 87.4 cm³/mol. The Morgan fingerprint density at radius 3 is 2.50 bits per heavy atom. The molecule has 0 aliphatic heterocycles. The van der Waals surface area contributed by atoms with Gasteiger partial charge in [0.05, 0.1) is 5.69 Å². The van der Waals surface area contributed by atoms with Crippen LogP contribution in [-0.4, -0.2) is 4.98 Å². The molecule has 1 nitrogen and oxygen atoms in total. The summed E-state index contributed by atoms with van der Waals surface area (Å²) in [5.74, 6) is 0. The molecule has 20 heavy (non-hydrogen) atoms. The smallest absolute Gasteiger partial charge is 0.0731 e. The van der Waals surface area contributed by atoms with Crippen LogP contribution >= 0.6 is 0 Å². The molecule has 0 aliphatic rings. The Labute approximate surface area is 121 Å². The lowest BCUT2D eigenvalue weighted by Crippen LogP contribution is -1.87. The van der Waals surface area contributed by atoms with E-state index in [4.69, 9.17) is 0 Å². The van der Waals surface area contributed by atoms with Crippen molar-refractivity contribution in [2.45, 2.75) is 13.8 Å². The molecular formula is C19H19N. The van der Waals surface area contributed by atoms with Crippen LogP contribution in [0.5, 0.6) is 0 Å². The van der Waals surface area contributed by atoms with E-state index in [2.05, 4.69) is 61.8 Å². The second-order valence-corrected chi connectivity index (χ2v) is 4.72. The minimum absolute atomic E-state index is 1.05. The second-order valence-electron chi connectivity index (χ2n) is 4.72. The van der Waals surface area contributed by atoms with E-state index >= 15 is 0 Å². The van der Waals surface area contributed by atoms with Crippen molar-refractivity contribution in [3.8, 4) is 11.3 Å². The maximum absolute atomic E-state index is 4.45. The molecule has 0 spiro atoms. The molecule has 1 aromatic heterocycles. The summed E-state index contributed by atoms with van der Waals surface area (Å²) in [4.78, 5) is 4.45. The highest BCUT2D eigenvalue weighted by molar-refractivity contribution is 5.70. The summed E-state index contributed by atoms with van der Waals surface area (Å²) >= 11 is 0. The topological polar surface area (TPSA) is 12.9 Å². The van der Waals surface area contributed by atoms with Crippen molar-refractivity contribution in [1.29, 1.82) is 0 Å². The molecule has 0 N–H and O–H groups in total. The van der Waals surface area contributed by atoms with Gasteiger partial charge in [-0.25, -0.2) is 0 Å². The zero-order valence-electron chi connectivity index (χ0n) is 12.0. The highest BCUT2D eigenvalue weighted by Gasteiger charge is 2.02. The molecule has 1 aromatic carbocycles. The van der Waals surface area contributed by atoms with Crippen LogP contribution in [0.15, 0.2) is 73.5 Å². The van der Waals surface area contributed by atoms with Crippen molar-refractivity contribution in [3.05, 3.63) is 84.6 Å². The fraction of sp³-hybridized carbons (Fsp3) is 0.105. The van der Waals surface area contributed by atoms with Crippen molar-refractivity contribution >= 4 is 5.57 Å². The van der Waals surface area contributed by atoms with E-state index in [0.717, 1.165) is 11.3 Å². The molecule has 1 heterocycles. The monoisotopic (exact) mass is 261 g/mol. The van der Waals surface area contributed by atoms with E-state index in [-0.39, 0.29) is 0 Å². The van der Waals surface area contributed by atoms with E-state index in [1.165, 1.54) is 16.7 Å². The maximum atomic E-state index is 4.45. The lowest BCUT2D eigenvalue weighted by Gasteiger charge is -2.06. The lowest BCUT2D eigenvalue weighted by atomic mass is 10.0. The predicted octanol–water partition coefficient (Wildman–Crippen LogP) is 5.20. The van der Waals surface area contributed by atoms with Crippen LogP contribution in [0.3, 0.4) is 0 Å². The molecule has 0 fully saturated rings. The molecule has 0 atom stereocenters. The van der Waals surface area contributed by atoms with Crippen molar-refractivity contribution in [3.63, 3.8) is 0 Å². The fourth-order valence-electron chi connectivity index (χ4n) is 2.05. The highest BCUT2D eigenvalue weighted by atomic mass is 14.7. The Morgan fingerprint density at radius 1 is 1.10 bits per heavy atom. The summed E-state index contributed by atoms with van der Waals surface area (Å²) in [6.07, 6.45) is 9.62. The van der Waals surface area contributed by atoms with Crippen LogP contribution in [0.4, 0.5) is 0 Å². The van der Waals surface area contributed by atoms with Crippen LogP contribution in [0.25, 0.3) is 16.8 Å². The SMILES string of the molecule is C=C/C=C\C=C(/C)c1ccc(-c2ncccc2C)cc1. The van der Waals surface area contributed by atoms with Gasteiger partial charge in [0.25, 0.3) is 0 Å². The Hall–Kier alpha value is -2.41. The molecular weight excluding hydrogens is 242 g/mol. The minimum Gasteiger partial charge on any atom is -0.256 e. The van der Waals surface area contributed by atoms with Crippen LogP contribution < -0.4 is 0 Å². The third kappa shape index (κ3) is 3.33. The van der Waals surface area contributed by atoms with Gasteiger partial charge in [0, 0.05) is 11.8 Å². The van der Waals surface area contributed by atoms with Gasteiger partial charge in [0.1, 0.15) is 0 Å². The molecule has 2 rings (SSSR count). The average molecular weight is 261 g/mol. The molecule has 2 aromatic rings. The van der Waals surface area contributed by atoms with Crippen LogP contribution in [0, 0.1) is 6.92 Å². The standard InChI is InChI=1S/C19H19N/c1-4-5-6-8-15(2)17-10-12-18(13-11-17)19-16(3)9-7-14-20-19/h4-14H,1H2,2-3H3/b6-5-,15-8+. The number of aromatic nitrogens is 1. The zero-order valence-corrected chi connectivity index (χ0v) is 12.0. The van der Waals surface area contributed by atoms with Gasteiger partial charge in [-0.15, -0.1) is 0 Å². The van der Waals surface area contributed by atoms with Gasteiger partial charge in [-0.2, -0.15) is 0 Å². The summed E-state index contributed by atoms with van der Waals surface area (Å²) in [6, 6.07) is 12.6. The first-order valence-corrected chi connectivity index (χ1v) is 6.71. The Balaban J connectivity index is 2.27. The number of nitrogens with zero attached hydrogens (tertiary/aromatic N) is 1. The number of hydrogen-bond acceptors (Lipinski definition) is 1. The molecule has 0 aliphatic carbocycles. The lowest BCUT2D eigenvalue weighted by molar-refractivity contribution is 1.27. The normalized spacial score (nSPS) is 11.8. The number of pyridine rings is 1. The van der Waals surface area contributed by atoms with Gasteiger partial charge in [0.2, 0.25) is 0 Å². The Bertz CT molecular complexity index is 646. The average Bonchev–Trinajstić information content (AvgIpc) is 2.48. The van der Waals surface area contributed by atoms with Crippen LogP contribution in [0.2, 0.25) is 0 Å². The van der Waals surface area contributed by atoms with E-state index in [1.807, 2.05) is 24.4 Å². The summed E-state index contributed by atoms with van der Waals surface area (Å²) in [5, 5.41) is 0. The van der Waals surface area contributed by atoms with Crippen molar-refractivity contribution < 1.29 is 0 Å². The highest BCUT2D eigenvalue weighted by Crippen LogP contribution is 2.23. The van der Waals surface area contributed by atoms with Crippen molar-refractivity contribution in [1.82, 2.24) is 4.98 Å². The third-order valence-corrected chi connectivity index (χ3v) is 3.22. The van der Waals surface area contributed by atoms with E-state index in [0.29, 0.717) is 0 Å². The van der Waals surface area contributed by atoms with Gasteiger partial charge in [0.15, 0.2) is 0 Å². The second kappa shape index (κ2) is 6.67. The van der Waals surface area contributed by atoms with E-state index in [9.17, 15) is 0 Å². The van der Waals surface area contributed by atoms with Gasteiger partial charge < -0.3 is 0 Å². The zero-order chi connectivity index (χ0) is 14.4. The first kappa shape index (κ1) is 14.0. The first-order chi connectivity index (χ1) is 9.72. The first-order valence-electron chi connectivity index (χ1n) is 6.71. The molecule has 0 amide bonds. The number of rotatable bonds is 4. The summed E-state index contributed by atoms with van der Waals surface area (Å²) in [6.45, 7) is 7.85. The molecule has 100 valence electrons. The fourth-order valence-corrected chi connectivity index (χ4v) is 2.05. The van der Waals surface area contributed by atoms with Gasteiger partial charge in [-0.1, -0.05) is 61.2 Å². The summed E-state index contributed by atoms with van der Waals surface area (Å²) in [5.41, 5.74) is 5.85. The Kier molecular flexibility index (Phi) is 4.67. The summed E-state index contributed by atoms with van der Waals surface area (Å²) < 4.78 is 0. The van der Waals surface area contributed by atoms with Gasteiger partial charge >= 0.3 is 0 Å². The number of aryl methyl sites for hydroxylation is 1.